The van der Waals surface area contributed by atoms with E-state index in [-0.39, 0.29) is 22.7 Å². The molecule has 1 fully saturated rings. The third-order valence-electron chi connectivity index (χ3n) is 6.84. The van der Waals surface area contributed by atoms with Crippen molar-refractivity contribution in [1.82, 2.24) is 14.1 Å². The van der Waals surface area contributed by atoms with Crippen LogP contribution in [0.5, 0.6) is 0 Å². The Kier molecular flexibility index (Phi) is 7.14. The molecule has 0 bridgehead atoms. The summed E-state index contributed by atoms with van der Waals surface area (Å²) < 4.78 is 29.2. The molecule has 0 radical (unpaired) electrons. The molecule has 2 heterocycles. The van der Waals surface area contributed by atoms with Crippen molar-refractivity contribution in [2.24, 2.45) is 11.8 Å². The quantitative estimate of drug-likeness (QED) is 0.399. The summed E-state index contributed by atoms with van der Waals surface area (Å²) in [6.07, 6.45) is 1.01. The predicted octanol–water partition coefficient (Wildman–Crippen LogP) is 4.36. The molecule has 1 aliphatic heterocycles. The Morgan fingerprint density at radius 1 is 0.895 bits per heavy atom. The number of fused-ring (bicyclic) bond motifs is 1. The first-order valence-corrected chi connectivity index (χ1v) is 14.1. The summed E-state index contributed by atoms with van der Waals surface area (Å²) in [6, 6.07) is 22.5. The van der Waals surface area contributed by atoms with Gasteiger partial charge in [0.25, 0.3) is 11.5 Å². The van der Waals surface area contributed by atoms with Gasteiger partial charge < -0.3 is 5.32 Å². The number of nitrogens with zero attached hydrogens (tertiary/aromatic N) is 3. The van der Waals surface area contributed by atoms with Crippen LogP contribution in [-0.2, 0) is 16.6 Å². The molecule has 0 aliphatic carbocycles. The Bertz CT molecular complexity index is 1620. The van der Waals surface area contributed by atoms with Crippen molar-refractivity contribution in [3.8, 4) is 0 Å². The Labute approximate surface area is 222 Å². The molecule has 3 aromatic carbocycles. The molecule has 1 N–H and O–H groups in total. The molecule has 0 saturated carbocycles. The maximum absolute atomic E-state index is 13.3. The van der Waals surface area contributed by atoms with Crippen molar-refractivity contribution in [2.75, 3.05) is 18.4 Å². The van der Waals surface area contributed by atoms with Gasteiger partial charge in [0.15, 0.2) is 5.69 Å². The number of anilines is 1. The molecule has 196 valence electrons. The first-order valence-electron chi connectivity index (χ1n) is 12.7. The van der Waals surface area contributed by atoms with E-state index in [1.54, 1.807) is 40.7 Å². The van der Waals surface area contributed by atoms with Gasteiger partial charge in [0.2, 0.25) is 10.0 Å². The summed E-state index contributed by atoms with van der Waals surface area (Å²) in [4.78, 5) is 26.6. The van der Waals surface area contributed by atoms with Gasteiger partial charge in [0.05, 0.1) is 16.8 Å². The van der Waals surface area contributed by atoms with Crippen molar-refractivity contribution < 1.29 is 13.2 Å². The van der Waals surface area contributed by atoms with Crippen LogP contribution in [-0.4, -0.2) is 41.5 Å². The highest BCUT2D eigenvalue weighted by molar-refractivity contribution is 7.89. The second-order valence-electron chi connectivity index (χ2n) is 10.1. The van der Waals surface area contributed by atoms with E-state index < -0.39 is 15.9 Å². The van der Waals surface area contributed by atoms with E-state index in [1.165, 1.54) is 16.8 Å². The van der Waals surface area contributed by atoms with Gasteiger partial charge in [-0.05, 0) is 54.2 Å². The fourth-order valence-electron chi connectivity index (χ4n) is 5.12. The normalized spacial score (nSPS) is 18.4. The molecule has 1 aliphatic rings. The molecule has 1 amide bonds. The van der Waals surface area contributed by atoms with Crippen molar-refractivity contribution >= 4 is 32.4 Å². The van der Waals surface area contributed by atoms with Crippen LogP contribution in [0.25, 0.3) is 10.8 Å². The van der Waals surface area contributed by atoms with Crippen LogP contribution in [0, 0.1) is 11.8 Å². The zero-order valence-electron chi connectivity index (χ0n) is 21.4. The molecule has 8 nitrogen and oxygen atoms in total. The van der Waals surface area contributed by atoms with Crippen molar-refractivity contribution in [3.05, 3.63) is 100 Å². The van der Waals surface area contributed by atoms with Crippen LogP contribution < -0.4 is 10.9 Å². The number of hydrogen-bond donors (Lipinski definition) is 1. The van der Waals surface area contributed by atoms with E-state index >= 15 is 0 Å². The van der Waals surface area contributed by atoms with Gasteiger partial charge >= 0.3 is 0 Å². The summed E-state index contributed by atoms with van der Waals surface area (Å²) in [6.45, 7) is 5.37. The molecule has 9 heteroatoms. The molecule has 38 heavy (non-hydrogen) atoms. The second kappa shape index (κ2) is 10.5. The van der Waals surface area contributed by atoms with Crippen LogP contribution in [0.1, 0.15) is 36.3 Å². The van der Waals surface area contributed by atoms with Gasteiger partial charge in [0, 0.05) is 24.2 Å². The maximum atomic E-state index is 13.3. The fraction of sp³-hybridized carbons (Fsp3) is 0.276. The number of rotatable bonds is 6. The average Bonchev–Trinajstić information content (AvgIpc) is 2.90. The highest BCUT2D eigenvalue weighted by atomic mass is 32.2. The largest absolute Gasteiger partial charge is 0.321 e. The van der Waals surface area contributed by atoms with Crippen LogP contribution in [0.4, 0.5) is 5.69 Å². The number of nitrogens with one attached hydrogen (secondary N) is 1. The van der Waals surface area contributed by atoms with Crippen LogP contribution in [0.15, 0.2) is 88.6 Å². The van der Waals surface area contributed by atoms with E-state index in [0.717, 1.165) is 12.0 Å². The number of piperidine rings is 1. The number of carbonyl (C=O) groups is 1. The molecule has 2 atom stereocenters. The summed E-state index contributed by atoms with van der Waals surface area (Å²) in [5.41, 5.74) is 1.15. The Balaban J connectivity index is 1.41. The van der Waals surface area contributed by atoms with Gasteiger partial charge in [0.1, 0.15) is 0 Å². The molecule has 5 rings (SSSR count). The van der Waals surface area contributed by atoms with Gasteiger partial charge in [-0.25, -0.2) is 13.1 Å². The van der Waals surface area contributed by atoms with E-state index in [1.807, 2.05) is 30.3 Å². The first kappa shape index (κ1) is 25.8. The lowest BCUT2D eigenvalue weighted by Gasteiger charge is -2.34. The SMILES string of the molecule is C[C@@H]1C[C@@H](C)CN(S(=O)(=O)c2ccc(NC(=O)c3nn(Cc4ccccc4)c(=O)c4ccccc34)cc2)C1. The zero-order chi connectivity index (χ0) is 26.9. The lowest BCUT2D eigenvalue weighted by Crippen LogP contribution is -2.42. The van der Waals surface area contributed by atoms with Gasteiger partial charge in [-0.3, -0.25) is 9.59 Å². The van der Waals surface area contributed by atoms with Gasteiger partial charge in [-0.2, -0.15) is 9.40 Å². The van der Waals surface area contributed by atoms with Gasteiger partial charge in [-0.15, -0.1) is 0 Å². The summed E-state index contributed by atoms with van der Waals surface area (Å²) in [5.74, 6) is 0.122. The molecule has 4 aromatic rings. The number of sulfonamides is 1. The minimum atomic E-state index is -3.62. The number of benzene rings is 3. The highest BCUT2D eigenvalue weighted by Crippen LogP contribution is 2.27. The van der Waals surface area contributed by atoms with Crippen LogP contribution in [0.3, 0.4) is 0 Å². The first-order chi connectivity index (χ1) is 18.2. The van der Waals surface area contributed by atoms with Crippen molar-refractivity contribution in [3.63, 3.8) is 0 Å². The van der Waals surface area contributed by atoms with E-state index in [4.69, 9.17) is 0 Å². The third-order valence-corrected chi connectivity index (χ3v) is 8.69. The fourth-order valence-corrected chi connectivity index (χ4v) is 6.80. The number of aromatic nitrogens is 2. The summed E-state index contributed by atoms with van der Waals surface area (Å²) in [5, 5.41) is 8.07. The molecule has 1 aromatic heterocycles. The van der Waals surface area contributed by atoms with Crippen molar-refractivity contribution in [2.45, 2.75) is 31.7 Å². The minimum absolute atomic E-state index is 0.115. The number of hydrogen-bond acceptors (Lipinski definition) is 5. The molecular weight excluding hydrogens is 500 g/mol. The zero-order valence-corrected chi connectivity index (χ0v) is 22.2. The summed E-state index contributed by atoms with van der Waals surface area (Å²) in [7, 11) is -3.62. The minimum Gasteiger partial charge on any atom is -0.321 e. The molecule has 0 spiro atoms. The highest BCUT2D eigenvalue weighted by Gasteiger charge is 2.31. The Morgan fingerprint density at radius 2 is 1.50 bits per heavy atom. The Hall–Kier alpha value is -3.82. The van der Waals surface area contributed by atoms with Gasteiger partial charge in [-0.1, -0.05) is 62.4 Å². The molecule has 1 saturated heterocycles. The summed E-state index contributed by atoms with van der Waals surface area (Å²) >= 11 is 0. The smallest absolute Gasteiger partial charge is 0.276 e. The van der Waals surface area contributed by atoms with Crippen LogP contribution >= 0.6 is 0 Å². The standard InChI is InChI=1S/C29H30N4O4S/c1-20-16-21(2)18-32(17-20)38(36,37)24-14-12-23(13-15-24)30-28(34)27-25-10-6-7-11-26(25)29(35)33(31-27)19-22-8-4-3-5-9-22/h3-15,20-21H,16-19H2,1-2H3,(H,30,34)/t20-,21-/m1/s1. The lowest BCUT2D eigenvalue weighted by atomic mass is 9.94. The van der Waals surface area contributed by atoms with E-state index in [0.29, 0.717) is 41.4 Å². The van der Waals surface area contributed by atoms with Crippen LogP contribution in [0.2, 0.25) is 0 Å². The Morgan fingerprint density at radius 3 is 2.16 bits per heavy atom. The number of amides is 1. The second-order valence-corrected chi connectivity index (χ2v) is 12.0. The van der Waals surface area contributed by atoms with E-state index in [9.17, 15) is 18.0 Å². The van der Waals surface area contributed by atoms with Crippen molar-refractivity contribution in [1.29, 1.82) is 0 Å². The number of carbonyl (C=O) groups excluding carboxylic acids is 1. The maximum Gasteiger partial charge on any atom is 0.276 e. The lowest BCUT2D eigenvalue weighted by molar-refractivity contribution is 0.102. The third kappa shape index (κ3) is 5.25. The average molecular weight is 531 g/mol. The topological polar surface area (TPSA) is 101 Å². The van der Waals surface area contributed by atoms with E-state index in [2.05, 4.69) is 24.3 Å². The molecular formula is C29H30N4O4S. The predicted molar refractivity (Wildman–Crippen MR) is 148 cm³/mol. The monoisotopic (exact) mass is 530 g/mol. The molecule has 0 unspecified atom stereocenters.